The Morgan fingerprint density at radius 1 is 1.67 bits per heavy atom. The average Bonchev–Trinajstić information content (AvgIpc) is 2.16. The molecule has 1 aliphatic carbocycles. The average molecular weight is 148 g/mol. The Morgan fingerprint density at radius 3 is 1.78 bits per heavy atom. The summed E-state index contributed by atoms with van der Waals surface area (Å²) in [5, 5.41) is 7.42. The summed E-state index contributed by atoms with van der Waals surface area (Å²) in [5.74, 6) is -0.833. The Hall–Kier alpha value is -0.180. The molecular formula is C6H12O2S. The maximum Gasteiger partial charge on any atom is 0.300 e. The van der Waals surface area contributed by atoms with E-state index in [1.54, 1.807) is 0 Å². The summed E-state index contributed by atoms with van der Waals surface area (Å²) in [6.07, 6.45) is 2.63. The third-order valence-corrected chi connectivity index (χ3v) is 1.42. The van der Waals surface area contributed by atoms with Gasteiger partial charge in [-0.05, 0) is 12.8 Å². The molecule has 1 rings (SSSR count). The van der Waals surface area contributed by atoms with Gasteiger partial charge in [0.05, 0.1) is 0 Å². The van der Waals surface area contributed by atoms with Gasteiger partial charge in [0.25, 0.3) is 5.97 Å². The Balaban J connectivity index is 0.000000148. The van der Waals surface area contributed by atoms with Gasteiger partial charge < -0.3 is 5.11 Å². The van der Waals surface area contributed by atoms with E-state index in [-0.39, 0.29) is 0 Å². The monoisotopic (exact) mass is 148 g/mol. The maximum atomic E-state index is 9.00. The van der Waals surface area contributed by atoms with Crippen molar-refractivity contribution in [1.29, 1.82) is 0 Å². The van der Waals surface area contributed by atoms with Crippen molar-refractivity contribution in [3.05, 3.63) is 0 Å². The molecule has 0 spiro atoms. The van der Waals surface area contributed by atoms with E-state index in [1.165, 1.54) is 12.8 Å². The first kappa shape index (κ1) is 8.82. The third-order valence-electron chi connectivity index (χ3n) is 0.974. The van der Waals surface area contributed by atoms with Gasteiger partial charge in [0.15, 0.2) is 0 Å². The van der Waals surface area contributed by atoms with Crippen LogP contribution in [0.25, 0.3) is 0 Å². The summed E-state index contributed by atoms with van der Waals surface area (Å²) in [7, 11) is 0. The fraction of sp³-hybridized carbons (Fsp3) is 0.833. The summed E-state index contributed by atoms with van der Waals surface area (Å²) in [4.78, 5) is 9.00. The fourth-order valence-electron chi connectivity index (χ4n) is 0.181. The second kappa shape index (κ2) is 3.11. The third kappa shape index (κ3) is 11.4. The summed E-state index contributed by atoms with van der Waals surface area (Å²) in [6, 6.07) is 0. The molecule has 0 saturated heterocycles. The lowest BCUT2D eigenvalue weighted by Gasteiger charge is -1.85. The number of carbonyl (C=O) groups is 1. The second-order valence-corrected chi connectivity index (χ2v) is 3.60. The summed E-state index contributed by atoms with van der Waals surface area (Å²) in [5.41, 5.74) is 0. The summed E-state index contributed by atoms with van der Waals surface area (Å²) in [6.45, 7) is 3.25. The lowest BCUT2D eigenvalue weighted by Crippen LogP contribution is -1.80. The molecule has 1 aliphatic rings. The molecule has 0 radical (unpaired) electrons. The first-order chi connectivity index (χ1) is 3.94. The van der Waals surface area contributed by atoms with E-state index in [0.29, 0.717) is 4.75 Å². The molecule has 1 fully saturated rings. The van der Waals surface area contributed by atoms with Crippen molar-refractivity contribution in [2.24, 2.45) is 0 Å². The van der Waals surface area contributed by atoms with Crippen molar-refractivity contribution in [2.45, 2.75) is 31.4 Å². The Kier molecular flexibility index (Phi) is 3.04. The number of carboxylic acid groups (broad SMARTS) is 1. The molecule has 0 amide bonds. The van der Waals surface area contributed by atoms with E-state index in [0.717, 1.165) is 6.92 Å². The van der Waals surface area contributed by atoms with Gasteiger partial charge in [-0.1, -0.05) is 6.92 Å². The van der Waals surface area contributed by atoms with Gasteiger partial charge in [-0.25, -0.2) is 0 Å². The van der Waals surface area contributed by atoms with Crippen LogP contribution in [-0.4, -0.2) is 15.8 Å². The van der Waals surface area contributed by atoms with Crippen LogP contribution in [-0.2, 0) is 4.79 Å². The minimum atomic E-state index is -0.833. The van der Waals surface area contributed by atoms with Crippen LogP contribution in [0.2, 0.25) is 0 Å². The SMILES string of the molecule is CC(=O)O.CC1(S)CC1. The number of aliphatic carboxylic acids is 1. The van der Waals surface area contributed by atoms with Crippen LogP contribution in [0.5, 0.6) is 0 Å². The number of thiol groups is 1. The highest BCUT2D eigenvalue weighted by molar-refractivity contribution is 7.82. The molecular weight excluding hydrogens is 136 g/mol. The van der Waals surface area contributed by atoms with Crippen molar-refractivity contribution in [1.82, 2.24) is 0 Å². The van der Waals surface area contributed by atoms with E-state index in [9.17, 15) is 0 Å². The van der Waals surface area contributed by atoms with Crippen LogP contribution in [0.15, 0.2) is 0 Å². The van der Waals surface area contributed by atoms with Gasteiger partial charge in [0, 0.05) is 11.7 Å². The molecule has 0 bridgehead atoms. The zero-order chi connectivity index (χ0) is 7.49. The van der Waals surface area contributed by atoms with Crippen LogP contribution >= 0.6 is 12.6 Å². The predicted octanol–water partition coefficient (Wildman–Crippen LogP) is 1.56. The van der Waals surface area contributed by atoms with E-state index in [2.05, 4.69) is 19.6 Å². The molecule has 0 heterocycles. The number of hydrogen-bond acceptors (Lipinski definition) is 2. The fourth-order valence-corrected chi connectivity index (χ4v) is 0.293. The van der Waals surface area contributed by atoms with Crippen molar-refractivity contribution in [3.8, 4) is 0 Å². The lowest BCUT2D eigenvalue weighted by molar-refractivity contribution is -0.134. The minimum absolute atomic E-state index is 0.444. The van der Waals surface area contributed by atoms with Crippen molar-refractivity contribution >= 4 is 18.6 Å². The first-order valence-corrected chi connectivity index (χ1v) is 3.31. The number of rotatable bonds is 0. The Labute approximate surface area is 60.7 Å². The second-order valence-electron chi connectivity index (χ2n) is 2.52. The van der Waals surface area contributed by atoms with E-state index >= 15 is 0 Å². The molecule has 0 atom stereocenters. The molecule has 0 aromatic rings. The smallest absolute Gasteiger partial charge is 0.300 e. The van der Waals surface area contributed by atoms with Gasteiger partial charge in [-0.15, -0.1) is 0 Å². The van der Waals surface area contributed by atoms with Gasteiger partial charge in [-0.2, -0.15) is 12.6 Å². The molecule has 0 aliphatic heterocycles. The molecule has 1 saturated carbocycles. The topological polar surface area (TPSA) is 37.3 Å². The normalized spacial score (nSPS) is 19.4. The van der Waals surface area contributed by atoms with Crippen molar-refractivity contribution in [3.63, 3.8) is 0 Å². The van der Waals surface area contributed by atoms with Gasteiger partial charge in [-0.3, -0.25) is 4.79 Å². The summed E-state index contributed by atoms with van der Waals surface area (Å²) < 4.78 is 0.444. The molecule has 3 heteroatoms. The highest BCUT2D eigenvalue weighted by Crippen LogP contribution is 2.40. The van der Waals surface area contributed by atoms with Crippen LogP contribution in [0, 0.1) is 0 Å². The highest BCUT2D eigenvalue weighted by atomic mass is 32.1. The standard InChI is InChI=1S/C4H8S.C2H4O2/c1-4(5)2-3-4;1-2(3)4/h5H,2-3H2,1H3;1H3,(H,3,4). The maximum absolute atomic E-state index is 9.00. The highest BCUT2D eigenvalue weighted by Gasteiger charge is 2.32. The molecule has 1 N–H and O–H groups in total. The lowest BCUT2D eigenvalue weighted by atomic mass is 10.5. The predicted molar refractivity (Wildman–Crippen MR) is 39.9 cm³/mol. The number of carboxylic acids is 1. The van der Waals surface area contributed by atoms with E-state index < -0.39 is 5.97 Å². The van der Waals surface area contributed by atoms with Gasteiger partial charge >= 0.3 is 0 Å². The van der Waals surface area contributed by atoms with Gasteiger partial charge in [0.2, 0.25) is 0 Å². The van der Waals surface area contributed by atoms with Crippen molar-refractivity contribution < 1.29 is 9.90 Å². The molecule has 2 nitrogen and oxygen atoms in total. The molecule has 54 valence electrons. The van der Waals surface area contributed by atoms with E-state index in [1.807, 2.05) is 0 Å². The Morgan fingerprint density at radius 2 is 1.78 bits per heavy atom. The molecule has 0 aromatic heterocycles. The minimum Gasteiger partial charge on any atom is -0.481 e. The van der Waals surface area contributed by atoms with Crippen LogP contribution in [0.3, 0.4) is 0 Å². The molecule has 0 aromatic carbocycles. The van der Waals surface area contributed by atoms with E-state index in [4.69, 9.17) is 9.90 Å². The first-order valence-electron chi connectivity index (χ1n) is 2.86. The number of hydrogen-bond donors (Lipinski definition) is 2. The van der Waals surface area contributed by atoms with Crippen molar-refractivity contribution in [2.75, 3.05) is 0 Å². The van der Waals surface area contributed by atoms with Crippen LogP contribution < -0.4 is 0 Å². The van der Waals surface area contributed by atoms with Gasteiger partial charge in [0.1, 0.15) is 0 Å². The van der Waals surface area contributed by atoms with Crippen LogP contribution in [0.4, 0.5) is 0 Å². The zero-order valence-corrected chi connectivity index (χ0v) is 6.61. The van der Waals surface area contributed by atoms with Crippen LogP contribution in [0.1, 0.15) is 26.7 Å². The quantitative estimate of drug-likeness (QED) is 0.511. The zero-order valence-electron chi connectivity index (χ0n) is 5.72. The molecule has 0 unspecified atom stereocenters. The summed E-state index contributed by atoms with van der Waals surface area (Å²) >= 11 is 4.23. The largest absolute Gasteiger partial charge is 0.481 e. The molecule has 9 heavy (non-hydrogen) atoms. The Bertz CT molecular complexity index is 99.6.